The van der Waals surface area contributed by atoms with Gasteiger partial charge in [0.1, 0.15) is 0 Å². The van der Waals surface area contributed by atoms with Crippen LogP contribution >= 0.6 is 11.3 Å². The van der Waals surface area contributed by atoms with Gasteiger partial charge in [0, 0.05) is 43.9 Å². The van der Waals surface area contributed by atoms with Crippen molar-refractivity contribution >= 4 is 57.5 Å². The SMILES string of the molecule is [C-]#[N+]/C(=C\c1ccc(-c2ccc(N(c3ccccc3)c3ccc(N(c4ccccc4)c4ccccc4)cc3)cc2)s1)C(=O)O. The molecule has 212 valence electrons. The van der Waals surface area contributed by atoms with Crippen molar-refractivity contribution in [3.05, 3.63) is 174 Å². The molecular weight excluding hydrogens is 563 g/mol. The van der Waals surface area contributed by atoms with Gasteiger partial charge in [0.15, 0.2) is 0 Å². The first kappa shape index (κ1) is 28.2. The first-order chi connectivity index (χ1) is 21.6. The van der Waals surface area contributed by atoms with Crippen molar-refractivity contribution in [3.8, 4) is 10.4 Å². The predicted octanol–water partition coefficient (Wildman–Crippen LogP) is 10.7. The summed E-state index contributed by atoms with van der Waals surface area (Å²) in [6.07, 6.45) is 1.41. The molecule has 0 aliphatic carbocycles. The van der Waals surface area contributed by atoms with Gasteiger partial charge in [0.2, 0.25) is 0 Å². The van der Waals surface area contributed by atoms with Crippen LogP contribution in [0.1, 0.15) is 4.88 Å². The minimum atomic E-state index is -1.22. The number of hydrogen-bond acceptors (Lipinski definition) is 4. The van der Waals surface area contributed by atoms with Gasteiger partial charge in [0.05, 0.1) is 6.57 Å². The molecule has 0 saturated carbocycles. The summed E-state index contributed by atoms with van der Waals surface area (Å²) in [5.41, 5.74) is 7.02. The Labute approximate surface area is 260 Å². The van der Waals surface area contributed by atoms with Gasteiger partial charge in [-0.25, -0.2) is 4.85 Å². The Morgan fingerprint density at radius 3 is 1.34 bits per heavy atom. The second-order valence-corrected chi connectivity index (χ2v) is 11.0. The molecule has 0 amide bonds. The topological polar surface area (TPSA) is 48.1 Å². The monoisotopic (exact) mass is 589 g/mol. The van der Waals surface area contributed by atoms with E-state index in [9.17, 15) is 9.90 Å². The van der Waals surface area contributed by atoms with Gasteiger partial charge < -0.3 is 14.9 Å². The van der Waals surface area contributed by atoms with E-state index in [-0.39, 0.29) is 5.70 Å². The quantitative estimate of drug-likeness (QED) is 0.135. The summed E-state index contributed by atoms with van der Waals surface area (Å²) in [5, 5.41) is 9.19. The number of aliphatic carboxylic acids is 1. The standard InChI is InChI=1S/C38H27N3O2S/c1-39-36(38(42)43)27-35-25-26-37(44-35)28-17-19-32(20-18-28)41(31-15-9-4-10-16-31)34-23-21-33(22-24-34)40(29-11-5-2-6-12-29)30-13-7-3-8-14-30/h2-27H,(H,42,43)/b36-27-. The molecule has 5 nitrogen and oxygen atoms in total. The lowest BCUT2D eigenvalue weighted by Crippen LogP contribution is -2.12. The molecule has 1 aromatic heterocycles. The summed E-state index contributed by atoms with van der Waals surface area (Å²) in [4.78, 5) is 20.5. The molecule has 0 unspecified atom stereocenters. The summed E-state index contributed by atoms with van der Waals surface area (Å²) in [5.74, 6) is -1.22. The fraction of sp³-hybridized carbons (Fsp3) is 0. The van der Waals surface area contributed by atoms with Crippen molar-refractivity contribution in [3.63, 3.8) is 0 Å². The van der Waals surface area contributed by atoms with E-state index < -0.39 is 5.97 Å². The number of carbonyl (C=O) groups is 1. The molecule has 0 atom stereocenters. The van der Waals surface area contributed by atoms with Crippen LogP contribution in [-0.4, -0.2) is 11.1 Å². The summed E-state index contributed by atoms with van der Waals surface area (Å²) in [6, 6.07) is 51.7. The fourth-order valence-corrected chi connectivity index (χ4v) is 5.96. The van der Waals surface area contributed by atoms with Crippen LogP contribution in [0, 0.1) is 6.57 Å². The molecule has 0 spiro atoms. The van der Waals surface area contributed by atoms with Crippen LogP contribution in [0.2, 0.25) is 0 Å². The van der Waals surface area contributed by atoms with Crippen molar-refractivity contribution in [1.29, 1.82) is 0 Å². The normalized spacial score (nSPS) is 11.0. The number of para-hydroxylation sites is 3. The molecule has 1 N–H and O–H groups in total. The second kappa shape index (κ2) is 13.0. The summed E-state index contributed by atoms with van der Waals surface area (Å²) < 4.78 is 0. The lowest BCUT2D eigenvalue weighted by molar-refractivity contribution is -0.132. The number of rotatable bonds is 9. The third-order valence-electron chi connectivity index (χ3n) is 7.06. The Kier molecular flexibility index (Phi) is 8.31. The van der Waals surface area contributed by atoms with Crippen LogP contribution < -0.4 is 9.80 Å². The molecule has 0 radical (unpaired) electrons. The highest BCUT2D eigenvalue weighted by Crippen LogP contribution is 2.39. The van der Waals surface area contributed by atoms with Gasteiger partial charge >= 0.3 is 5.97 Å². The van der Waals surface area contributed by atoms with Gasteiger partial charge in [-0.3, -0.25) is 4.79 Å². The lowest BCUT2D eigenvalue weighted by atomic mass is 10.1. The van der Waals surface area contributed by atoms with Gasteiger partial charge in [-0.15, -0.1) is 11.3 Å². The van der Waals surface area contributed by atoms with Crippen LogP contribution in [0.5, 0.6) is 0 Å². The molecule has 1 heterocycles. The number of carboxylic acid groups (broad SMARTS) is 1. The molecule has 5 aromatic carbocycles. The van der Waals surface area contributed by atoms with Crippen molar-refractivity contribution in [1.82, 2.24) is 0 Å². The molecule has 6 aromatic rings. The molecule has 6 rings (SSSR count). The zero-order valence-corrected chi connectivity index (χ0v) is 24.4. The van der Waals surface area contributed by atoms with Crippen LogP contribution in [0.3, 0.4) is 0 Å². The predicted molar refractivity (Wildman–Crippen MR) is 181 cm³/mol. The maximum absolute atomic E-state index is 11.2. The van der Waals surface area contributed by atoms with Gasteiger partial charge in [-0.2, -0.15) is 0 Å². The van der Waals surface area contributed by atoms with E-state index in [1.807, 2.05) is 42.5 Å². The van der Waals surface area contributed by atoms with E-state index in [0.29, 0.717) is 0 Å². The zero-order chi connectivity index (χ0) is 30.3. The number of benzene rings is 5. The number of anilines is 6. The van der Waals surface area contributed by atoms with E-state index in [0.717, 1.165) is 49.4 Å². The Morgan fingerprint density at radius 1 is 0.568 bits per heavy atom. The van der Waals surface area contributed by atoms with Crippen LogP contribution in [0.4, 0.5) is 34.1 Å². The summed E-state index contributed by atoms with van der Waals surface area (Å²) >= 11 is 1.45. The Morgan fingerprint density at radius 2 is 0.955 bits per heavy atom. The van der Waals surface area contributed by atoms with Crippen molar-refractivity contribution < 1.29 is 9.90 Å². The van der Waals surface area contributed by atoms with E-state index in [2.05, 4.69) is 124 Å². The number of thiophene rings is 1. The summed E-state index contributed by atoms with van der Waals surface area (Å²) in [6.45, 7) is 7.10. The average molecular weight is 590 g/mol. The van der Waals surface area contributed by atoms with E-state index in [4.69, 9.17) is 6.57 Å². The fourth-order valence-electron chi connectivity index (χ4n) is 5.01. The molecular formula is C38H27N3O2S. The van der Waals surface area contributed by atoms with Crippen molar-refractivity contribution in [2.45, 2.75) is 0 Å². The third kappa shape index (κ3) is 6.14. The molecule has 6 heteroatoms. The minimum absolute atomic E-state index is 0.297. The summed E-state index contributed by atoms with van der Waals surface area (Å²) in [7, 11) is 0. The Hall–Kier alpha value is -5.90. The number of hydrogen-bond donors (Lipinski definition) is 1. The molecule has 0 aliphatic rings. The lowest BCUT2D eigenvalue weighted by Gasteiger charge is -2.28. The molecule has 0 saturated heterocycles. The highest BCUT2D eigenvalue weighted by Gasteiger charge is 2.16. The highest BCUT2D eigenvalue weighted by atomic mass is 32.1. The second-order valence-electron chi connectivity index (χ2n) is 9.89. The maximum atomic E-state index is 11.2. The Balaban J connectivity index is 1.33. The highest BCUT2D eigenvalue weighted by molar-refractivity contribution is 7.16. The molecule has 0 aliphatic heterocycles. The molecule has 0 fully saturated rings. The zero-order valence-electron chi connectivity index (χ0n) is 23.6. The van der Waals surface area contributed by atoms with Crippen LogP contribution in [-0.2, 0) is 4.79 Å². The van der Waals surface area contributed by atoms with Gasteiger partial charge in [-0.05, 0) is 96.6 Å². The van der Waals surface area contributed by atoms with E-state index >= 15 is 0 Å². The number of nitrogens with zero attached hydrogens (tertiary/aromatic N) is 3. The Bertz CT molecular complexity index is 1890. The number of carboxylic acids is 1. The van der Waals surface area contributed by atoms with Crippen LogP contribution in [0.25, 0.3) is 21.4 Å². The van der Waals surface area contributed by atoms with Crippen molar-refractivity contribution in [2.75, 3.05) is 9.80 Å². The molecule has 44 heavy (non-hydrogen) atoms. The average Bonchev–Trinajstić information content (AvgIpc) is 3.55. The molecule has 0 bridgehead atoms. The maximum Gasteiger partial charge on any atom is 0.333 e. The van der Waals surface area contributed by atoms with E-state index in [1.165, 1.54) is 17.4 Å². The smallest absolute Gasteiger partial charge is 0.333 e. The van der Waals surface area contributed by atoms with E-state index in [1.54, 1.807) is 0 Å². The first-order valence-electron chi connectivity index (χ1n) is 14.0. The largest absolute Gasteiger partial charge is 0.486 e. The van der Waals surface area contributed by atoms with Crippen molar-refractivity contribution in [2.24, 2.45) is 0 Å². The van der Waals surface area contributed by atoms with Crippen LogP contribution in [0.15, 0.2) is 157 Å². The first-order valence-corrected chi connectivity index (χ1v) is 14.8. The van der Waals surface area contributed by atoms with Gasteiger partial charge in [-0.1, -0.05) is 66.7 Å². The van der Waals surface area contributed by atoms with Gasteiger partial charge in [0.25, 0.3) is 5.70 Å². The third-order valence-corrected chi connectivity index (χ3v) is 8.15. The minimum Gasteiger partial charge on any atom is -0.486 e.